The number of hydrogen-bond acceptors (Lipinski definition) is 5. The lowest BCUT2D eigenvalue weighted by atomic mass is 9.86. The molecule has 0 radical (unpaired) electrons. The highest BCUT2D eigenvalue weighted by atomic mass is 79.9. The van der Waals surface area contributed by atoms with Gasteiger partial charge in [-0.1, -0.05) is 81.4 Å². The number of rotatable bonds is 8. The zero-order valence-electron chi connectivity index (χ0n) is 24.8. The first kappa shape index (κ1) is 31.3. The fourth-order valence-corrected chi connectivity index (χ4v) is 11.2. The van der Waals surface area contributed by atoms with Gasteiger partial charge in [-0.05, 0) is 80.1 Å². The molecule has 43 heavy (non-hydrogen) atoms. The van der Waals surface area contributed by atoms with E-state index in [2.05, 4.69) is 41.7 Å². The molecule has 1 aromatic heterocycles. The summed E-state index contributed by atoms with van der Waals surface area (Å²) < 4.78 is 40.1. The summed E-state index contributed by atoms with van der Waals surface area (Å²) in [6.45, 7) is 6.78. The molecule has 0 amide bonds. The van der Waals surface area contributed by atoms with Crippen molar-refractivity contribution >= 4 is 34.6 Å². The van der Waals surface area contributed by atoms with Crippen LogP contribution < -0.4 is 10.4 Å². The molecule has 226 valence electrons. The van der Waals surface area contributed by atoms with E-state index in [9.17, 15) is 10.2 Å². The van der Waals surface area contributed by atoms with Crippen molar-refractivity contribution in [2.75, 3.05) is 13.2 Å². The number of aromatic hydroxyl groups is 2. The Morgan fingerprint density at radius 1 is 0.930 bits per heavy atom. The number of fused-ring (bicyclic) bond motifs is 1. The number of alkyl halides is 2. The lowest BCUT2D eigenvalue weighted by Gasteiger charge is -2.45. The van der Waals surface area contributed by atoms with Crippen LogP contribution in [-0.4, -0.2) is 53.5 Å². The van der Waals surface area contributed by atoms with Crippen LogP contribution in [0.25, 0.3) is 0 Å². The van der Waals surface area contributed by atoms with E-state index in [0.717, 1.165) is 20.4 Å². The molecule has 1 aliphatic heterocycles. The summed E-state index contributed by atoms with van der Waals surface area (Å²) in [5, 5.41) is 22.0. The Bertz CT molecular complexity index is 1510. The van der Waals surface area contributed by atoms with E-state index in [-0.39, 0.29) is 17.5 Å². The summed E-state index contributed by atoms with van der Waals surface area (Å²) in [4.78, 5) is 6.30. The number of benzene rings is 3. The summed E-state index contributed by atoms with van der Waals surface area (Å²) in [5.74, 6) is -3.74. The smallest absolute Gasteiger partial charge is 0.282 e. The quantitative estimate of drug-likeness (QED) is 0.160. The number of nitrogens with zero attached hydrogens (tertiary/aromatic N) is 2. The Morgan fingerprint density at radius 3 is 2.05 bits per heavy atom. The summed E-state index contributed by atoms with van der Waals surface area (Å²) in [7, 11) is -3.18. The molecule has 3 aromatic carbocycles. The Morgan fingerprint density at radius 2 is 1.51 bits per heavy atom. The molecule has 0 unspecified atom stereocenters. The molecule has 0 saturated carbocycles. The molecule has 4 aromatic rings. The van der Waals surface area contributed by atoms with Gasteiger partial charge in [0, 0.05) is 16.7 Å². The fraction of sp³-hybridized carbons (Fsp3) is 0.324. The van der Waals surface area contributed by atoms with Gasteiger partial charge in [-0.15, -0.1) is 0 Å². The molecule has 5 nitrogen and oxygen atoms in total. The highest BCUT2D eigenvalue weighted by Crippen LogP contribution is 2.43. The van der Waals surface area contributed by atoms with E-state index in [1.165, 1.54) is 12.1 Å². The lowest BCUT2D eigenvalue weighted by Crippen LogP contribution is -2.67. The Hall–Kier alpha value is -3.11. The molecule has 9 heteroatoms. The SMILES string of the molecule is C[C@@H]1Cc2cc(O)c(O)cc2[C@@H](c2ccc(Br)cn2)N1CC(F)(F)CO[Si](c1ccccc1)(c1ccccc1)C(C)(C)C. The van der Waals surface area contributed by atoms with Crippen LogP contribution in [0.3, 0.4) is 0 Å². The van der Waals surface area contributed by atoms with Crippen LogP contribution in [0.4, 0.5) is 8.78 Å². The van der Waals surface area contributed by atoms with Crippen LogP contribution in [0.2, 0.25) is 5.04 Å². The predicted octanol–water partition coefficient (Wildman–Crippen LogP) is 6.80. The third-order valence-corrected chi connectivity index (χ3v) is 13.8. The number of pyridine rings is 1. The molecule has 0 saturated heterocycles. The molecule has 0 bridgehead atoms. The van der Waals surface area contributed by atoms with Crippen LogP contribution in [0.1, 0.15) is 50.6 Å². The fourth-order valence-electron chi connectivity index (χ4n) is 6.35. The van der Waals surface area contributed by atoms with Crippen molar-refractivity contribution in [3.8, 4) is 11.5 Å². The summed E-state index contributed by atoms with van der Waals surface area (Å²) in [6.07, 6.45) is 2.07. The van der Waals surface area contributed by atoms with Crippen molar-refractivity contribution in [1.29, 1.82) is 0 Å². The highest BCUT2D eigenvalue weighted by Gasteiger charge is 2.52. The minimum atomic E-state index is -3.22. The van der Waals surface area contributed by atoms with E-state index in [1.807, 2.05) is 73.7 Å². The van der Waals surface area contributed by atoms with Gasteiger partial charge in [0.2, 0.25) is 0 Å². The van der Waals surface area contributed by atoms with Crippen LogP contribution in [-0.2, 0) is 10.8 Å². The molecule has 5 rings (SSSR count). The maximum Gasteiger partial charge on any atom is 0.282 e. The standard InChI is InChI=1S/C34H37BrF2N2O3Si/c1-23-17-24-18-30(40)31(41)19-28(24)32(29-16-15-25(35)20-38-29)39(23)21-34(36,37)22-42-43(33(2,3)4,26-11-7-5-8-12-26)27-13-9-6-10-14-27/h5-16,18-20,23,32,40-41H,17,21-22H2,1-4H3/t23-,32+/m1/s1. The third kappa shape index (κ3) is 6.27. The monoisotopic (exact) mass is 666 g/mol. The highest BCUT2D eigenvalue weighted by molar-refractivity contribution is 9.10. The number of aromatic nitrogens is 1. The minimum Gasteiger partial charge on any atom is -0.504 e. The molecular formula is C34H37BrF2N2O3Si. The van der Waals surface area contributed by atoms with Crippen molar-refractivity contribution in [2.45, 2.75) is 57.2 Å². The first-order valence-electron chi connectivity index (χ1n) is 14.4. The maximum atomic E-state index is 16.3. The molecule has 0 aliphatic carbocycles. The van der Waals surface area contributed by atoms with Gasteiger partial charge >= 0.3 is 0 Å². The number of hydrogen-bond donors (Lipinski definition) is 2. The van der Waals surface area contributed by atoms with Gasteiger partial charge in [-0.2, -0.15) is 0 Å². The summed E-state index contributed by atoms with van der Waals surface area (Å²) >= 11 is 3.41. The van der Waals surface area contributed by atoms with Gasteiger partial charge in [0.1, 0.15) is 0 Å². The molecule has 2 N–H and O–H groups in total. The van der Waals surface area contributed by atoms with Gasteiger partial charge in [0.05, 0.1) is 24.9 Å². The molecule has 2 heterocycles. The second-order valence-electron chi connectivity index (χ2n) is 12.4. The van der Waals surface area contributed by atoms with E-state index >= 15 is 8.78 Å². The van der Waals surface area contributed by atoms with E-state index in [4.69, 9.17) is 4.43 Å². The molecule has 2 atom stereocenters. The van der Waals surface area contributed by atoms with Crippen molar-refractivity contribution in [2.24, 2.45) is 0 Å². The minimum absolute atomic E-state index is 0.231. The van der Waals surface area contributed by atoms with E-state index in [0.29, 0.717) is 17.7 Å². The van der Waals surface area contributed by atoms with E-state index in [1.54, 1.807) is 17.2 Å². The Balaban J connectivity index is 1.52. The van der Waals surface area contributed by atoms with Crippen molar-refractivity contribution in [1.82, 2.24) is 9.88 Å². The molecule has 0 spiro atoms. The maximum absolute atomic E-state index is 16.3. The average Bonchev–Trinajstić information content (AvgIpc) is 2.96. The summed E-state index contributed by atoms with van der Waals surface area (Å²) in [5.41, 5.74) is 2.01. The van der Waals surface area contributed by atoms with Crippen molar-refractivity contribution < 1.29 is 23.4 Å². The van der Waals surface area contributed by atoms with Gasteiger partial charge in [-0.3, -0.25) is 9.88 Å². The van der Waals surface area contributed by atoms with Crippen LogP contribution in [0.15, 0.2) is 95.6 Å². The zero-order chi connectivity index (χ0) is 31.0. The molecule has 1 aliphatic rings. The van der Waals surface area contributed by atoms with Crippen LogP contribution in [0.5, 0.6) is 11.5 Å². The number of phenolic OH excluding ortho intramolecular Hbond substituents is 2. The van der Waals surface area contributed by atoms with Crippen LogP contribution in [0, 0.1) is 0 Å². The van der Waals surface area contributed by atoms with Gasteiger partial charge in [0.15, 0.2) is 11.5 Å². The second kappa shape index (κ2) is 12.1. The van der Waals surface area contributed by atoms with Crippen molar-refractivity contribution in [3.63, 3.8) is 0 Å². The summed E-state index contributed by atoms with van der Waals surface area (Å²) in [6, 6.07) is 25.2. The zero-order valence-corrected chi connectivity index (χ0v) is 27.4. The third-order valence-electron chi connectivity index (χ3n) is 8.31. The van der Waals surface area contributed by atoms with Gasteiger partial charge in [0.25, 0.3) is 14.2 Å². The average molecular weight is 668 g/mol. The second-order valence-corrected chi connectivity index (χ2v) is 17.6. The topological polar surface area (TPSA) is 65.8 Å². The van der Waals surface area contributed by atoms with Gasteiger partial charge in [-0.25, -0.2) is 8.78 Å². The molecule has 0 fully saturated rings. The van der Waals surface area contributed by atoms with Crippen LogP contribution >= 0.6 is 15.9 Å². The molecular weight excluding hydrogens is 630 g/mol. The Labute approximate surface area is 261 Å². The number of halogens is 3. The largest absolute Gasteiger partial charge is 0.504 e. The number of phenols is 2. The van der Waals surface area contributed by atoms with E-state index < -0.39 is 38.5 Å². The first-order valence-corrected chi connectivity index (χ1v) is 17.1. The van der Waals surface area contributed by atoms with Crippen molar-refractivity contribution in [3.05, 3.63) is 112 Å². The lowest BCUT2D eigenvalue weighted by molar-refractivity contribution is -0.0821. The predicted molar refractivity (Wildman–Crippen MR) is 172 cm³/mol. The Kier molecular flexibility index (Phi) is 8.82. The van der Waals surface area contributed by atoms with Gasteiger partial charge < -0.3 is 14.6 Å². The normalized spacial score (nSPS) is 17.9. The first-order chi connectivity index (χ1) is 20.3.